The Morgan fingerprint density at radius 2 is 1.81 bits per heavy atom. The largest absolute Gasteiger partial charge is 0.497 e. The molecule has 5 nitrogen and oxygen atoms in total. The van der Waals surface area contributed by atoms with Gasteiger partial charge in [-0.05, 0) is 42.0 Å². The van der Waals surface area contributed by atoms with Crippen LogP contribution in [-0.4, -0.2) is 30.8 Å². The zero-order valence-electron chi connectivity index (χ0n) is 17.0. The minimum absolute atomic E-state index is 0.331. The molecule has 3 aromatic rings. The lowest BCUT2D eigenvalue weighted by atomic mass is 9.97. The van der Waals surface area contributed by atoms with E-state index < -0.39 is 6.04 Å². The summed E-state index contributed by atoms with van der Waals surface area (Å²) in [7, 11) is 3.15. The number of hydrogen-bond acceptors (Lipinski definition) is 4. The molecule has 3 aromatic carbocycles. The van der Waals surface area contributed by atoms with Crippen molar-refractivity contribution in [3.8, 4) is 11.5 Å². The average molecular weight is 439 g/mol. The molecule has 1 aliphatic heterocycles. The number of ether oxygens (including phenoxy) is 2. The fourth-order valence-corrected chi connectivity index (χ4v) is 3.82. The van der Waals surface area contributed by atoms with E-state index in [-0.39, 0.29) is 11.7 Å². The first-order valence-electron chi connectivity index (χ1n) is 9.65. The maximum absolute atomic E-state index is 13.5. The number of carbonyl (C=O) groups excluding carboxylic acids is 1. The fourth-order valence-electron chi connectivity index (χ4n) is 3.60. The number of benzene rings is 3. The Labute approximate surface area is 184 Å². The van der Waals surface area contributed by atoms with Crippen LogP contribution in [0.4, 0.5) is 4.39 Å². The zero-order chi connectivity index (χ0) is 22.0. The topological polar surface area (TPSA) is 51.1 Å². The van der Waals surface area contributed by atoms with Gasteiger partial charge in [-0.1, -0.05) is 35.9 Å². The van der Waals surface area contributed by atoms with Crippen molar-refractivity contribution in [2.24, 2.45) is 5.10 Å². The summed E-state index contributed by atoms with van der Waals surface area (Å²) in [6.07, 6.45) is 0.435. The highest BCUT2D eigenvalue weighted by atomic mass is 35.5. The number of halogens is 2. The molecule has 158 valence electrons. The van der Waals surface area contributed by atoms with E-state index >= 15 is 0 Å². The molecule has 0 saturated heterocycles. The minimum atomic E-state index is -0.411. The second-order valence-electron chi connectivity index (χ2n) is 7.01. The lowest BCUT2D eigenvalue weighted by Gasteiger charge is -2.22. The van der Waals surface area contributed by atoms with Gasteiger partial charge in [0.05, 0.1) is 36.6 Å². The zero-order valence-corrected chi connectivity index (χ0v) is 17.8. The maximum atomic E-state index is 13.5. The Bertz CT molecular complexity index is 1150. The summed E-state index contributed by atoms with van der Waals surface area (Å²) in [6, 6.07) is 17.9. The highest BCUT2D eigenvalue weighted by Gasteiger charge is 2.35. The van der Waals surface area contributed by atoms with E-state index in [9.17, 15) is 9.18 Å². The summed E-state index contributed by atoms with van der Waals surface area (Å²) in [5, 5.41) is 6.40. The molecule has 0 spiro atoms. The van der Waals surface area contributed by atoms with E-state index in [1.54, 1.807) is 56.7 Å². The summed E-state index contributed by atoms with van der Waals surface area (Å²) < 4.78 is 24.3. The van der Waals surface area contributed by atoms with Crippen molar-refractivity contribution < 1.29 is 18.7 Å². The predicted octanol–water partition coefficient (Wildman–Crippen LogP) is 5.49. The van der Waals surface area contributed by atoms with E-state index in [1.165, 1.54) is 17.1 Å². The molecule has 1 aliphatic rings. The molecule has 1 amide bonds. The SMILES string of the molecule is COc1ccc(C2=NN(C(=O)c3ccccc3Cl)C(c3ccc(F)cc3)C2)c(OC)c1. The number of rotatable bonds is 5. The van der Waals surface area contributed by atoms with Gasteiger partial charge in [-0.25, -0.2) is 9.40 Å². The van der Waals surface area contributed by atoms with Crippen LogP contribution in [0.15, 0.2) is 71.8 Å². The van der Waals surface area contributed by atoms with Crippen molar-refractivity contribution in [3.63, 3.8) is 0 Å². The maximum Gasteiger partial charge on any atom is 0.276 e. The average Bonchev–Trinajstić information content (AvgIpc) is 3.24. The van der Waals surface area contributed by atoms with Crippen molar-refractivity contribution in [2.45, 2.75) is 12.5 Å². The van der Waals surface area contributed by atoms with E-state index in [4.69, 9.17) is 21.1 Å². The standard InChI is InChI=1S/C24H20ClFN2O3/c1-30-17-11-12-19(23(13-17)31-2)21-14-22(15-7-9-16(26)10-8-15)28(27-21)24(29)18-5-3-4-6-20(18)25/h3-13,22H,14H2,1-2H3. The molecular formula is C24H20ClFN2O3. The van der Waals surface area contributed by atoms with Gasteiger partial charge in [0.2, 0.25) is 0 Å². The van der Waals surface area contributed by atoms with Crippen LogP contribution in [0.25, 0.3) is 0 Å². The molecule has 0 N–H and O–H groups in total. The second kappa shape index (κ2) is 8.78. The van der Waals surface area contributed by atoms with Gasteiger partial charge in [0.25, 0.3) is 5.91 Å². The lowest BCUT2D eigenvalue weighted by Crippen LogP contribution is -2.27. The van der Waals surface area contributed by atoms with Crippen molar-refractivity contribution in [2.75, 3.05) is 14.2 Å². The quantitative estimate of drug-likeness (QED) is 0.529. The van der Waals surface area contributed by atoms with E-state index in [1.807, 2.05) is 12.1 Å². The van der Waals surface area contributed by atoms with Crippen LogP contribution in [0.3, 0.4) is 0 Å². The van der Waals surface area contributed by atoms with Crippen LogP contribution in [0, 0.1) is 5.82 Å². The summed E-state index contributed by atoms with van der Waals surface area (Å²) in [5.74, 6) is 0.562. The third-order valence-corrected chi connectivity index (χ3v) is 5.53. The third-order valence-electron chi connectivity index (χ3n) is 5.20. The molecule has 0 fully saturated rings. The highest BCUT2D eigenvalue weighted by molar-refractivity contribution is 6.33. The van der Waals surface area contributed by atoms with E-state index in [2.05, 4.69) is 5.10 Å². The summed E-state index contributed by atoms with van der Waals surface area (Å²) >= 11 is 6.27. The molecule has 1 unspecified atom stereocenters. The van der Waals surface area contributed by atoms with Gasteiger partial charge in [0.1, 0.15) is 17.3 Å². The molecule has 1 atom stereocenters. The Morgan fingerprint density at radius 1 is 1.06 bits per heavy atom. The van der Waals surface area contributed by atoms with Crippen molar-refractivity contribution >= 4 is 23.2 Å². The van der Waals surface area contributed by atoms with Crippen molar-refractivity contribution in [1.82, 2.24) is 5.01 Å². The van der Waals surface area contributed by atoms with Crippen LogP contribution < -0.4 is 9.47 Å². The van der Waals surface area contributed by atoms with Crippen LogP contribution in [0.1, 0.15) is 33.9 Å². The molecule has 7 heteroatoms. The fraction of sp³-hybridized carbons (Fsp3) is 0.167. The molecule has 0 saturated carbocycles. The molecular weight excluding hydrogens is 419 g/mol. The molecule has 0 bridgehead atoms. The summed E-state index contributed by atoms with van der Waals surface area (Å²) in [5.41, 5.74) is 2.55. The monoisotopic (exact) mass is 438 g/mol. The second-order valence-corrected chi connectivity index (χ2v) is 7.42. The molecule has 0 aromatic heterocycles. The first-order valence-corrected chi connectivity index (χ1v) is 10.0. The number of nitrogens with zero attached hydrogens (tertiary/aromatic N) is 2. The summed E-state index contributed by atoms with van der Waals surface area (Å²) in [4.78, 5) is 13.4. The third kappa shape index (κ3) is 4.11. The molecule has 1 heterocycles. The van der Waals surface area contributed by atoms with Gasteiger partial charge in [0, 0.05) is 18.1 Å². The summed E-state index contributed by atoms with van der Waals surface area (Å²) in [6.45, 7) is 0. The van der Waals surface area contributed by atoms with Crippen molar-refractivity contribution in [3.05, 3.63) is 94.3 Å². The highest BCUT2D eigenvalue weighted by Crippen LogP contribution is 2.37. The van der Waals surface area contributed by atoms with Gasteiger partial charge in [-0.15, -0.1) is 0 Å². The smallest absolute Gasteiger partial charge is 0.276 e. The number of carbonyl (C=O) groups is 1. The Hall–Kier alpha value is -3.38. The van der Waals surface area contributed by atoms with Gasteiger partial charge < -0.3 is 9.47 Å². The molecule has 31 heavy (non-hydrogen) atoms. The Morgan fingerprint density at radius 3 is 2.48 bits per heavy atom. The van der Waals surface area contributed by atoms with E-state index in [0.717, 1.165) is 11.1 Å². The van der Waals surface area contributed by atoms with E-state index in [0.29, 0.717) is 34.2 Å². The van der Waals surface area contributed by atoms with Gasteiger partial charge >= 0.3 is 0 Å². The first kappa shape index (κ1) is 20.9. The Kier molecular flexibility index (Phi) is 5.91. The number of amides is 1. The van der Waals surface area contributed by atoms with Crippen LogP contribution in [0.5, 0.6) is 11.5 Å². The van der Waals surface area contributed by atoms with Gasteiger partial charge in [0.15, 0.2) is 0 Å². The normalized spacial score (nSPS) is 15.5. The Balaban J connectivity index is 1.78. The molecule has 0 aliphatic carbocycles. The number of methoxy groups -OCH3 is 2. The number of hydrogen-bond donors (Lipinski definition) is 0. The minimum Gasteiger partial charge on any atom is -0.497 e. The number of hydrazone groups is 1. The van der Waals surface area contributed by atoms with Crippen LogP contribution in [-0.2, 0) is 0 Å². The molecule has 4 rings (SSSR count). The lowest BCUT2D eigenvalue weighted by molar-refractivity contribution is 0.0711. The van der Waals surface area contributed by atoms with Crippen molar-refractivity contribution in [1.29, 1.82) is 0 Å². The molecule has 0 radical (unpaired) electrons. The van der Waals surface area contributed by atoms with Gasteiger partial charge in [-0.2, -0.15) is 5.10 Å². The van der Waals surface area contributed by atoms with Gasteiger partial charge in [-0.3, -0.25) is 4.79 Å². The predicted molar refractivity (Wildman–Crippen MR) is 117 cm³/mol. The van der Waals surface area contributed by atoms with Crippen LogP contribution in [0.2, 0.25) is 5.02 Å². The first-order chi connectivity index (χ1) is 15.0. The van der Waals surface area contributed by atoms with Crippen LogP contribution >= 0.6 is 11.6 Å².